The number of β-amino-alcohol motifs (C(OH)–C–C–N with tert-alkyl or cyclic N) is 1. The highest BCUT2D eigenvalue weighted by Crippen LogP contribution is 2.28. The van der Waals surface area contributed by atoms with Crippen molar-refractivity contribution in [3.63, 3.8) is 0 Å². The standard InChI is InChI=1S/C36H48N6O5.H2S/c1-24(2)36(45)42-15-13-41(14-16-42)35-19-28(18-34(39-35)38-29-5-4-6-29)32(44)10-8-30(43)21-40-12-11-26-17-31(9-7-27(26)20-40)46-22-33-25(3)37-23-47-33;/h7,9,17-19,23-24,29-30,43H,4-6,8,10-16,20-22H2,1-3H3,(H,38,39);1H2/t30-;/m0./s1. The van der Waals surface area contributed by atoms with Crippen molar-refractivity contribution in [3.8, 4) is 5.75 Å². The van der Waals surface area contributed by atoms with E-state index in [0.717, 1.165) is 61.2 Å². The normalized spacial score (nSPS) is 17.4. The van der Waals surface area contributed by atoms with Crippen LogP contribution in [-0.2, 0) is 24.4 Å². The fourth-order valence-corrected chi connectivity index (χ4v) is 6.47. The number of nitrogens with one attached hydrogen (secondary N) is 1. The Kier molecular flexibility index (Phi) is 12.0. The number of ketones is 1. The minimum absolute atomic E-state index is 0. The van der Waals surface area contributed by atoms with Gasteiger partial charge in [-0.2, -0.15) is 13.5 Å². The summed E-state index contributed by atoms with van der Waals surface area (Å²) >= 11 is 0. The highest BCUT2D eigenvalue weighted by Gasteiger charge is 2.26. The zero-order chi connectivity index (χ0) is 32.9. The minimum atomic E-state index is -0.603. The average Bonchev–Trinajstić information content (AvgIpc) is 3.48. The Morgan fingerprint density at radius 3 is 2.56 bits per heavy atom. The number of anilines is 2. The Balaban J connectivity index is 0.00000451. The first-order chi connectivity index (χ1) is 22.7. The van der Waals surface area contributed by atoms with Crippen molar-refractivity contribution >= 4 is 36.8 Å². The number of benzene rings is 1. The average molecular weight is 679 g/mol. The zero-order valence-corrected chi connectivity index (χ0v) is 29.4. The van der Waals surface area contributed by atoms with Gasteiger partial charge in [-0.05, 0) is 74.4 Å². The van der Waals surface area contributed by atoms with Crippen molar-refractivity contribution in [1.29, 1.82) is 0 Å². The van der Waals surface area contributed by atoms with Gasteiger partial charge in [0.1, 0.15) is 24.0 Å². The molecule has 2 aliphatic heterocycles. The van der Waals surface area contributed by atoms with Gasteiger partial charge in [0, 0.05) is 69.8 Å². The van der Waals surface area contributed by atoms with Crippen LogP contribution < -0.4 is 15.0 Å². The number of carbonyl (C=O) groups excluding carboxylic acids is 2. The lowest BCUT2D eigenvalue weighted by Crippen LogP contribution is -2.50. The number of fused-ring (bicyclic) bond motifs is 1. The number of pyridine rings is 1. The molecule has 0 spiro atoms. The summed E-state index contributed by atoms with van der Waals surface area (Å²) in [6, 6.07) is 10.3. The number of Topliss-reactive ketones (excluding diaryl/α,β-unsaturated/α-hetero) is 1. The maximum absolute atomic E-state index is 13.5. The molecule has 11 nitrogen and oxygen atoms in total. The summed E-state index contributed by atoms with van der Waals surface area (Å²) in [6.45, 7) is 10.9. The number of oxazole rings is 1. The fraction of sp³-hybridized carbons (Fsp3) is 0.556. The number of hydrogen-bond acceptors (Lipinski definition) is 10. The third kappa shape index (κ3) is 8.89. The second-order valence-electron chi connectivity index (χ2n) is 13.5. The summed E-state index contributed by atoms with van der Waals surface area (Å²) in [6.07, 6.45) is 5.78. The molecular weight excluding hydrogens is 629 g/mol. The lowest BCUT2D eigenvalue weighted by atomic mass is 9.93. The molecule has 1 saturated heterocycles. The molecule has 1 atom stereocenters. The van der Waals surface area contributed by atoms with Crippen molar-refractivity contribution < 1.29 is 23.8 Å². The summed E-state index contributed by atoms with van der Waals surface area (Å²) in [7, 11) is 0. The maximum atomic E-state index is 13.5. The van der Waals surface area contributed by atoms with E-state index in [0.29, 0.717) is 57.4 Å². The van der Waals surface area contributed by atoms with Crippen molar-refractivity contribution in [2.75, 3.05) is 49.5 Å². The second kappa shape index (κ2) is 16.2. The molecular formula is C36H50N6O5S. The van der Waals surface area contributed by atoms with Gasteiger partial charge in [0.25, 0.3) is 0 Å². The Morgan fingerprint density at radius 1 is 1.08 bits per heavy atom. The number of carbonyl (C=O) groups is 2. The highest BCUT2D eigenvalue weighted by atomic mass is 32.1. The molecule has 3 aliphatic rings. The topological polar surface area (TPSA) is 124 Å². The predicted octanol–water partition coefficient (Wildman–Crippen LogP) is 4.72. The Bertz CT molecular complexity index is 1550. The Labute approximate surface area is 290 Å². The lowest BCUT2D eigenvalue weighted by molar-refractivity contribution is -0.134. The molecule has 0 unspecified atom stereocenters. The quantitative estimate of drug-likeness (QED) is 0.246. The van der Waals surface area contributed by atoms with Gasteiger partial charge in [0.2, 0.25) is 5.91 Å². The van der Waals surface area contributed by atoms with E-state index in [2.05, 4.69) is 32.2 Å². The summed E-state index contributed by atoms with van der Waals surface area (Å²) in [4.78, 5) is 41.3. The fourth-order valence-electron chi connectivity index (χ4n) is 6.47. The molecule has 1 saturated carbocycles. The van der Waals surface area contributed by atoms with Crippen LogP contribution >= 0.6 is 13.5 Å². The number of nitrogens with zero attached hydrogens (tertiary/aromatic N) is 5. The predicted molar refractivity (Wildman–Crippen MR) is 190 cm³/mol. The molecule has 1 aromatic carbocycles. The summed E-state index contributed by atoms with van der Waals surface area (Å²) in [5.74, 6) is 3.19. The summed E-state index contributed by atoms with van der Waals surface area (Å²) in [5.41, 5.74) is 3.94. The van der Waals surface area contributed by atoms with Crippen LogP contribution in [0.3, 0.4) is 0 Å². The Hall–Kier alpha value is -3.61. The number of ether oxygens (including phenoxy) is 1. The third-order valence-corrected chi connectivity index (χ3v) is 9.66. The first-order valence-electron chi connectivity index (χ1n) is 17.1. The number of amides is 1. The molecule has 48 heavy (non-hydrogen) atoms. The molecule has 4 heterocycles. The van der Waals surface area contributed by atoms with Crippen LogP contribution in [-0.4, -0.2) is 88.0 Å². The SMILES string of the molecule is Cc1ncoc1COc1ccc2c(c1)CCN(C[C@@H](O)CCC(=O)c1cc(NC3CCC3)nc(N3CCN(C(=O)C(C)C)CC3)c1)C2.S. The zero-order valence-electron chi connectivity index (χ0n) is 28.4. The van der Waals surface area contributed by atoms with Gasteiger partial charge in [-0.1, -0.05) is 19.9 Å². The van der Waals surface area contributed by atoms with Gasteiger partial charge in [-0.15, -0.1) is 0 Å². The van der Waals surface area contributed by atoms with E-state index in [1.807, 2.05) is 43.9 Å². The maximum Gasteiger partial charge on any atom is 0.225 e. The van der Waals surface area contributed by atoms with Gasteiger partial charge < -0.3 is 29.4 Å². The van der Waals surface area contributed by atoms with Gasteiger partial charge in [-0.3, -0.25) is 14.5 Å². The smallest absolute Gasteiger partial charge is 0.225 e. The van der Waals surface area contributed by atoms with Gasteiger partial charge >= 0.3 is 0 Å². The molecule has 3 aromatic rings. The van der Waals surface area contributed by atoms with Crippen molar-refractivity contribution in [2.45, 2.75) is 84.6 Å². The van der Waals surface area contributed by atoms with Crippen LogP contribution in [0.5, 0.6) is 5.75 Å². The first kappa shape index (κ1) is 35.7. The van der Waals surface area contributed by atoms with Crippen LogP contribution in [0.15, 0.2) is 41.1 Å². The summed E-state index contributed by atoms with van der Waals surface area (Å²) in [5, 5.41) is 14.5. The third-order valence-electron chi connectivity index (χ3n) is 9.66. The number of piperazine rings is 1. The van der Waals surface area contributed by atoms with E-state index < -0.39 is 6.10 Å². The molecule has 12 heteroatoms. The number of aliphatic hydroxyl groups is 1. The number of aromatic nitrogens is 2. The molecule has 1 amide bonds. The molecule has 1 aliphatic carbocycles. The van der Waals surface area contributed by atoms with Crippen molar-refractivity contribution in [2.24, 2.45) is 5.92 Å². The molecule has 6 rings (SSSR count). The second-order valence-corrected chi connectivity index (χ2v) is 13.5. The molecule has 2 N–H and O–H groups in total. The molecule has 2 aromatic heterocycles. The number of rotatable bonds is 13. The van der Waals surface area contributed by atoms with E-state index in [1.54, 1.807) is 0 Å². The van der Waals surface area contributed by atoms with Crippen LogP contribution in [0, 0.1) is 12.8 Å². The Morgan fingerprint density at radius 2 is 1.88 bits per heavy atom. The number of aryl methyl sites for hydroxylation is 1. The highest BCUT2D eigenvalue weighted by molar-refractivity contribution is 7.59. The van der Waals surface area contributed by atoms with E-state index in [9.17, 15) is 14.7 Å². The van der Waals surface area contributed by atoms with E-state index >= 15 is 0 Å². The molecule has 2 fully saturated rings. The van der Waals surface area contributed by atoms with Gasteiger partial charge in [-0.25, -0.2) is 9.97 Å². The largest absolute Gasteiger partial charge is 0.486 e. The van der Waals surface area contributed by atoms with Crippen LogP contribution in [0.4, 0.5) is 11.6 Å². The summed E-state index contributed by atoms with van der Waals surface area (Å²) < 4.78 is 11.3. The van der Waals surface area contributed by atoms with Crippen molar-refractivity contribution in [3.05, 3.63) is 64.9 Å². The minimum Gasteiger partial charge on any atom is -0.486 e. The van der Waals surface area contributed by atoms with E-state index in [4.69, 9.17) is 14.1 Å². The first-order valence-corrected chi connectivity index (χ1v) is 17.1. The monoisotopic (exact) mass is 678 g/mol. The molecule has 0 bridgehead atoms. The van der Waals surface area contributed by atoms with Crippen LogP contribution in [0.25, 0.3) is 0 Å². The molecule has 0 radical (unpaired) electrons. The van der Waals surface area contributed by atoms with Gasteiger partial charge in [0.05, 0.1) is 11.8 Å². The number of hydrogen-bond donors (Lipinski definition) is 2. The number of aliphatic hydroxyl groups excluding tert-OH is 1. The van der Waals surface area contributed by atoms with Crippen molar-refractivity contribution in [1.82, 2.24) is 19.8 Å². The van der Waals surface area contributed by atoms with Crippen LogP contribution in [0.1, 0.15) is 78.9 Å². The van der Waals surface area contributed by atoms with Gasteiger partial charge in [0.15, 0.2) is 17.9 Å². The van der Waals surface area contributed by atoms with E-state index in [1.165, 1.54) is 23.9 Å². The molecule has 260 valence electrons. The van der Waals surface area contributed by atoms with E-state index in [-0.39, 0.29) is 37.5 Å². The van der Waals surface area contributed by atoms with Crippen LogP contribution in [0.2, 0.25) is 0 Å². The lowest BCUT2D eigenvalue weighted by Gasteiger charge is -2.36.